The van der Waals surface area contributed by atoms with Crippen LogP contribution in [0.3, 0.4) is 0 Å². The van der Waals surface area contributed by atoms with E-state index in [0.29, 0.717) is 12.3 Å². The lowest BCUT2D eigenvalue weighted by Crippen LogP contribution is -2.29. The van der Waals surface area contributed by atoms with E-state index in [0.717, 1.165) is 24.5 Å². The summed E-state index contributed by atoms with van der Waals surface area (Å²) in [5.41, 5.74) is 9.04. The standard InChI is InChI=1S/C14H21N3/c1-11(2)10-17(8-4-7-15)14-9-12(3)5-6-13(14)16/h5-6,9,11H,4,8,10,16H2,1-3H3. The number of anilines is 2. The molecule has 0 aromatic heterocycles. The monoisotopic (exact) mass is 231 g/mol. The highest BCUT2D eigenvalue weighted by Gasteiger charge is 2.11. The molecule has 0 radical (unpaired) electrons. The number of benzene rings is 1. The van der Waals surface area contributed by atoms with Crippen molar-refractivity contribution in [2.75, 3.05) is 23.7 Å². The minimum absolute atomic E-state index is 0.528. The minimum atomic E-state index is 0.528. The molecule has 0 heterocycles. The van der Waals surface area contributed by atoms with Gasteiger partial charge in [-0.15, -0.1) is 0 Å². The zero-order valence-corrected chi connectivity index (χ0v) is 10.9. The summed E-state index contributed by atoms with van der Waals surface area (Å²) in [4.78, 5) is 2.20. The smallest absolute Gasteiger partial charge is 0.0640 e. The summed E-state index contributed by atoms with van der Waals surface area (Å²) in [5, 5.41) is 8.71. The molecule has 0 atom stereocenters. The third-order valence-corrected chi connectivity index (χ3v) is 2.61. The Hall–Kier alpha value is -1.69. The molecule has 0 aliphatic carbocycles. The Morgan fingerprint density at radius 3 is 2.71 bits per heavy atom. The average molecular weight is 231 g/mol. The van der Waals surface area contributed by atoms with Crippen LogP contribution in [0.25, 0.3) is 0 Å². The number of aryl methyl sites for hydroxylation is 1. The van der Waals surface area contributed by atoms with Crippen LogP contribution in [0.15, 0.2) is 18.2 Å². The molecule has 0 spiro atoms. The number of nitrogens with zero attached hydrogens (tertiary/aromatic N) is 2. The molecule has 92 valence electrons. The van der Waals surface area contributed by atoms with Crippen molar-refractivity contribution in [2.45, 2.75) is 27.2 Å². The van der Waals surface area contributed by atoms with Gasteiger partial charge in [-0.1, -0.05) is 19.9 Å². The summed E-state index contributed by atoms with van der Waals surface area (Å²) >= 11 is 0. The van der Waals surface area contributed by atoms with Crippen LogP contribution in [-0.4, -0.2) is 13.1 Å². The van der Waals surface area contributed by atoms with E-state index < -0.39 is 0 Å². The Morgan fingerprint density at radius 1 is 1.41 bits per heavy atom. The van der Waals surface area contributed by atoms with Gasteiger partial charge in [0.1, 0.15) is 0 Å². The van der Waals surface area contributed by atoms with Gasteiger partial charge < -0.3 is 10.6 Å². The molecule has 17 heavy (non-hydrogen) atoms. The Labute approximate surface area is 104 Å². The Morgan fingerprint density at radius 2 is 2.12 bits per heavy atom. The minimum Gasteiger partial charge on any atom is -0.397 e. The summed E-state index contributed by atoms with van der Waals surface area (Å²) in [6.07, 6.45) is 0.528. The molecule has 0 aliphatic rings. The molecule has 0 aliphatic heterocycles. The molecular formula is C14H21N3. The van der Waals surface area contributed by atoms with Crippen LogP contribution in [0.1, 0.15) is 25.8 Å². The summed E-state index contributed by atoms with van der Waals surface area (Å²) in [6, 6.07) is 8.23. The summed E-state index contributed by atoms with van der Waals surface area (Å²) in [7, 11) is 0. The van der Waals surface area contributed by atoms with Crippen LogP contribution in [0.2, 0.25) is 0 Å². The second kappa shape index (κ2) is 6.15. The topological polar surface area (TPSA) is 53.0 Å². The van der Waals surface area contributed by atoms with Crippen LogP contribution in [-0.2, 0) is 0 Å². The highest BCUT2D eigenvalue weighted by molar-refractivity contribution is 5.68. The van der Waals surface area contributed by atoms with Crippen molar-refractivity contribution in [1.82, 2.24) is 0 Å². The van der Waals surface area contributed by atoms with Crippen molar-refractivity contribution in [3.05, 3.63) is 23.8 Å². The fraction of sp³-hybridized carbons (Fsp3) is 0.500. The van der Waals surface area contributed by atoms with Gasteiger partial charge in [-0.3, -0.25) is 0 Å². The van der Waals surface area contributed by atoms with Crippen molar-refractivity contribution in [3.63, 3.8) is 0 Å². The third-order valence-electron chi connectivity index (χ3n) is 2.61. The van der Waals surface area contributed by atoms with E-state index in [1.165, 1.54) is 5.56 Å². The Bertz CT molecular complexity index is 404. The van der Waals surface area contributed by atoms with Gasteiger partial charge in [-0.05, 0) is 30.5 Å². The highest BCUT2D eigenvalue weighted by atomic mass is 15.1. The van der Waals surface area contributed by atoms with Gasteiger partial charge in [0.2, 0.25) is 0 Å². The molecule has 3 heteroatoms. The van der Waals surface area contributed by atoms with Gasteiger partial charge in [0.15, 0.2) is 0 Å². The summed E-state index contributed by atoms with van der Waals surface area (Å²) in [6.45, 7) is 8.06. The van der Waals surface area contributed by atoms with Crippen LogP contribution in [0.4, 0.5) is 11.4 Å². The fourth-order valence-corrected chi connectivity index (χ4v) is 1.86. The van der Waals surface area contributed by atoms with Gasteiger partial charge in [-0.2, -0.15) is 5.26 Å². The maximum atomic E-state index is 8.71. The van der Waals surface area contributed by atoms with Gasteiger partial charge in [0.25, 0.3) is 0 Å². The van der Waals surface area contributed by atoms with Crippen molar-refractivity contribution >= 4 is 11.4 Å². The first-order chi connectivity index (χ1) is 8.04. The van der Waals surface area contributed by atoms with Crippen LogP contribution in [0.5, 0.6) is 0 Å². The molecule has 1 aromatic rings. The molecule has 0 unspecified atom stereocenters. The number of hydrogen-bond donors (Lipinski definition) is 1. The molecule has 0 saturated carbocycles. The van der Waals surface area contributed by atoms with Gasteiger partial charge >= 0.3 is 0 Å². The van der Waals surface area contributed by atoms with Crippen molar-refractivity contribution in [1.29, 1.82) is 5.26 Å². The fourth-order valence-electron chi connectivity index (χ4n) is 1.86. The van der Waals surface area contributed by atoms with Crippen LogP contribution < -0.4 is 10.6 Å². The largest absolute Gasteiger partial charge is 0.397 e. The molecule has 0 bridgehead atoms. The Balaban J connectivity index is 2.94. The number of nitriles is 1. The molecule has 2 N–H and O–H groups in total. The molecule has 1 rings (SSSR count). The maximum Gasteiger partial charge on any atom is 0.0640 e. The van der Waals surface area contributed by atoms with Crippen molar-refractivity contribution in [2.24, 2.45) is 5.92 Å². The van der Waals surface area contributed by atoms with Gasteiger partial charge in [0, 0.05) is 13.1 Å². The molecule has 0 fully saturated rings. The average Bonchev–Trinajstić information content (AvgIpc) is 2.27. The van der Waals surface area contributed by atoms with Crippen LogP contribution in [0, 0.1) is 24.2 Å². The second-order valence-electron chi connectivity index (χ2n) is 4.81. The SMILES string of the molecule is Cc1ccc(N)c(N(CCC#N)CC(C)C)c1. The first-order valence-electron chi connectivity index (χ1n) is 6.02. The van der Waals surface area contributed by atoms with E-state index in [4.69, 9.17) is 11.0 Å². The second-order valence-corrected chi connectivity index (χ2v) is 4.81. The molecule has 0 saturated heterocycles. The predicted molar refractivity (Wildman–Crippen MR) is 72.9 cm³/mol. The maximum absolute atomic E-state index is 8.71. The van der Waals surface area contributed by atoms with E-state index in [2.05, 4.69) is 37.8 Å². The van der Waals surface area contributed by atoms with Gasteiger partial charge in [-0.25, -0.2) is 0 Å². The molecular weight excluding hydrogens is 210 g/mol. The van der Waals surface area contributed by atoms with Crippen LogP contribution >= 0.6 is 0 Å². The van der Waals surface area contributed by atoms with Crippen molar-refractivity contribution < 1.29 is 0 Å². The van der Waals surface area contributed by atoms with Crippen molar-refractivity contribution in [3.8, 4) is 6.07 Å². The number of nitrogens with two attached hydrogens (primary N) is 1. The third kappa shape index (κ3) is 3.99. The Kier molecular flexibility index (Phi) is 4.84. The van der Waals surface area contributed by atoms with E-state index in [1.807, 2.05) is 12.1 Å². The first-order valence-corrected chi connectivity index (χ1v) is 6.02. The van der Waals surface area contributed by atoms with E-state index in [9.17, 15) is 0 Å². The highest BCUT2D eigenvalue weighted by Crippen LogP contribution is 2.25. The number of rotatable bonds is 5. The summed E-state index contributed by atoms with van der Waals surface area (Å²) < 4.78 is 0. The van der Waals surface area contributed by atoms with Gasteiger partial charge in [0.05, 0.1) is 23.9 Å². The molecule has 0 amide bonds. The van der Waals surface area contributed by atoms with E-state index in [-0.39, 0.29) is 0 Å². The lowest BCUT2D eigenvalue weighted by molar-refractivity contribution is 0.612. The number of hydrogen-bond acceptors (Lipinski definition) is 3. The molecule has 3 nitrogen and oxygen atoms in total. The zero-order valence-electron chi connectivity index (χ0n) is 10.9. The first kappa shape index (κ1) is 13.4. The number of nitrogen functional groups attached to an aromatic ring is 1. The summed E-state index contributed by atoms with van der Waals surface area (Å²) in [5.74, 6) is 0.550. The normalized spacial score (nSPS) is 10.3. The lowest BCUT2D eigenvalue weighted by Gasteiger charge is -2.27. The van der Waals surface area contributed by atoms with E-state index in [1.54, 1.807) is 0 Å². The predicted octanol–water partition coefficient (Wildman–Crippen LogP) is 2.95. The quantitative estimate of drug-likeness (QED) is 0.793. The van der Waals surface area contributed by atoms with E-state index >= 15 is 0 Å². The zero-order chi connectivity index (χ0) is 12.8. The lowest BCUT2D eigenvalue weighted by atomic mass is 10.1. The molecule has 1 aromatic carbocycles.